The average Bonchev–Trinajstić information content (AvgIpc) is 2.69. The van der Waals surface area contributed by atoms with Gasteiger partial charge in [0.25, 0.3) is 0 Å². The fourth-order valence-corrected chi connectivity index (χ4v) is 3.29. The molecule has 0 aliphatic carbocycles. The maximum atomic E-state index is 11.6. The highest BCUT2D eigenvalue weighted by Gasteiger charge is 2.19. The van der Waals surface area contributed by atoms with Gasteiger partial charge < -0.3 is 0 Å². The Morgan fingerprint density at radius 1 is 1.56 bits per heavy atom. The van der Waals surface area contributed by atoms with Crippen molar-refractivity contribution in [2.75, 3.05) is 7.05 Å². The van der Waals surface area contributed by atoms with Gasteiger partial charge in [-0.15, -0.1) is 11.3 Å². The van der Waals surface area contributed by atoms with Crippen molar-refractivity contribution in [1.29, 1.82) is 0 Å². The lowest BCUT2D eigenvalue weighted by atomic mass is 10.2. The molecule has 1 unspecified atom stereocenters. The van der Waals surface area contributed by atoms with Crippen LogP contribution in [-0.2, 0) is 16.0 Å². The van der Waals surface area contributed by atoms with Crippen molar-refractivity contribution >= 4 is 50.4 Å². The standard InChI is InChI=1S/C9H7BrN2O2S2/c1-12-6(5-13)4-7(11-16(12)14)8-2-3-9(10)15-8/h2-5H,1H3. The zero-order valence-corrected chi connectivity index (χ0v) is 11.4. The minimum Gasteiger partial charge on any atom is -0.296 e. The van der Waals surface area contributed by atoms with E-state index in [1.54, 1.807) is 13.1 Å². The summed E-state index contributed by atoms with van der Waals surface area (Å²) in [6.07, 6.45) is 2.31. The zero-order chi connectivity index (χ0) is 11.7. The smallest absolute Gasteiger partial charge is 0.246 e. The summed E-state index contributed by atoms with van der Waals surface area (Å²) >= 11 is 3.30. The van der Waals surface area contributed by atoms with Crippen molar-refractivity contribution < 1.29 is 9.00 Å². The molecule has 0 fully saturated rings. The molecule has 1 aromatic rings. The monoisotopic (exact) mass is 318 g/mol. The average molecular weight is 319 g/mol. The quantitative estimate of drug-likeness (QED) is 0.782. The maximum Gasteiger partial charge on any atom is 0.246 e. The Morgan fingerprint density at radius 2 is 2.31 bits per heavy atom. The number of aldehydes is 1. The van der Waals surface area contributed by atoms with Crippen LogP contribution in [0.4, 0.5) is 0 Å². The molecule has 0 saturated heterocycles. The first-order chi connectivity index (χ1) is 7.61. The SMILES string of the molecule is CN1C(C=O)=CC(c2ccc(Br)s2)=NS1=O. The van der Waals surface area contributed by atoms with Crippen LogP contribution in [0.5, 0.6) is 0 Å². The normalized spacial score (nSPS) is 20.4. The van der Waals surface area contributed by atoms with E-state index < -0.39 is 11.2 Å². The van der Waals surface area contributed by atoms with Crippen molar-refractivity contribution in [3.8, 4) is 0 Å². The highest BCUT2D eigenvalue weighted by Crippen LogP contribution is 2.25. The number of rotatable bonds is 2. The molecule has 4 nitrogen and oxygen atoms in total. The molecule has 16 heavy (non-hydrogen) atoms. The predicted octanol–water partition coefficient (Wildman–Crippen LogP) is 1.91. The Bertz CT molecular complexity index is 521. The Labute approximate surface area is 108 Å². The van der Waals surface area contributed by atoms with E-state index in [1.807, 2.05) is 12.1 Å². The third-order valence-corrected chi connectivity index (χ3v) is 4.68. The van der Waals surface area contributed by atoms with E-state index in [0.29, 0.717) is 17.7 Å². The number of thiophene rings is 1. The fraction of sp³-hybridized carbons (Fsp3) is 0.111. The molecule has 0 amide bonds. The summed E-state index contributed by atoms with van der Waals surface area (Å²) in [5, 5.41) is 0. The first-order valence-corrected chi connectivity index (χ1v) is 6.96. The van der Waals surface area contributed by atoms with Crippen LogP contribution in [0.2, 0.25) is 0 Å². The Kier molecular flexibility index (Phi) is 3.36. The zero-order valence-electron chi connectivity index (χ0n) is 8.21. The van der Waals surface area contributed by atoms with Crippen molar-refractivity contribution in [3.05, 3.63) is 32.6 Å². The van der Waals surface area contributed by atoms with E-state index in [-0.39, 0.29) is 0 Å². The van der Waals surface area contributed by atoms with Crippen molar-refractivity contribution in [1.82, 2.24) is 4.31 Å². The molecule has 2 heterocycles. The molecule has 0 aromatic carbocycles. The Morgan fingerprint density at radius 3 is 2.88 bits per heavy atom. The summed E-state index contributed by atoms with van der Waals surface area (Å²) in [5.41, 5.74) is 0.946. The van der Waals surface area contributed by atoms with E-state index in [9.17, 15) is 9.00 Å². The molecule has 0 radical (unpaired) electrons. The molecular formula is C9H7BrN2O2S2. The van der Waals surface area contributed by atoms with Crippen LogP contribution in [-0.4, -0.2) is 27.6 Å². The second-order valence-electron chi connectivity index (χ2n) is 3.00. The second kappa shape index (κ2) is 4.60. The van der Waals surface area contributed by atoms with E-state index >= 15 is 0 Å². The number of carbonyl (C=O) groups excluding carboxylic acids is 1. The van der Waals surface area contributed by atoms with E-state index in [1.165, 1.54) is 15.6 Å². The van der Waals surface area contributed by atoms with Gasteiger partial charge in [0.15, 0.2) is 6.29 Å². The van der Waals surface area contributed by atoms with Crippen LogP contribution in [0.15, 0.2) is 32.1 Å². The second-order valence-corrected chi connectivity index (χ2v) is 6.65. The first-order valence-electron chi connectivity index (χ1n) is 4.29. The number of hydrogen-bond donors (Lipinski definition) is 0. The van der Waals surface area contributed by atoms with Crippen LogP contribution in [0.25, 0.3) is 0 Å². The number of allylic oxidation sites excluding steroid dienone is 2. The van der Waals surface area contributed by atoms with E-state index in [4.69, 9.17) is 0 Å². The molecule has 1 aliphatic heterocycles. The molecule has 7 heteroatoms. The van der Waals surface area contributed by atoms with E-state index in [0.717, 1.165) is 8.66 Å². The topological polar surface area (TPSA) is 49.7 Å². The highest BCUT2D eigenvalue weighted by atomic mass is 79.9. The summed E-state index contributed by atoms with van der Waals surface area (Å²) in [6.45, 7) is 0. The van der Waals surface area contributed by atoms with Crippen LogP contribution in [0, 0.1) is 0 Å². The van der Waals surface area contributed by atoms with Crippen LogP contribution in [0.3, 0.4) is 0 Å². The van der Waals surface area contributed by atoms with Gasteiger partial charge in [-0.3, -0.25) is 9.10 Å². The first kappa shape index (κ1) is 11.7. The number of nitrogens with zero attached hydrogens (tertiary/aromatic N) is 2. The minimum absolute atomic E-state index is 0.368. The molecule has 0 spiro atoms. The molecule has 1 aliphatic rings. The number of halogens is 1. The predicted molar refractivity (Wildman–Crippen MR) is 68.6 cm³/mol. The lowest BCUT2D eigenvalue weighted by Crippen LogP contribution is -2.25. The third-order valence-electron chi connectivity index (χ3n) is 2.01. The van der Waals surface area contributed by atoms with Gasteiger partial charge in [0.1, 0.15) is 0 Å². The van der Waals surface area contributed by atoms with Crippen LogP contribution >= 0.6 is 27.3 Å². The fourth-order valence-electron chi connectivity index (χ4n) is 1.17. The highest BCUT2D eigenvalue weighted by molar-refractivity contribution is 9.11. The molecule has 84 valence electrons. The number of hydrogen-bond acceptors (Lipinski definition) is 3. The van der Waals surface area contributed by atoms with Gasteiger partial charge in [0.2, 0.25) is 11.2 Å². The molecule has 0 bridgehead atoms. The molecule has 2 rings (SSSR count). The summed E-state index contributed by atoms with van der Waals surface area (Å²) in [7, 11) is 1.57. The number of carbonyl (C=O) groups is 1. The largest absolute Gasteiger partial charge is 0.296 e. The minimum atomic E-state index is -1.52. The van der Waals surface area contributed by atoms with Gasteiger partial charge in [-0.05, 0) is 34.1 Å². The lowest BCUT2D eigenvalue weighted by Gasteiger charge is -2.18. The van der Waals surface area contributed by atoms with Gasteiger partial charge in [0.05, 0.1) is 20.1 Å². The third kappa shape index (κ3) is 2.16. The summed E-state index contributed by atoms with van der Waals surface area (Å²) in [5.74, 6) is 0. The maximum absolute atomic E-state index is 11.6. The summed E-state index contributed by atoms with van der Waals surface area (Å²) in [6, 6.07) is 3.76. The van der Waals surface area contributed by atoms with Crippen molar-refractivity contribution in [2.24, 2.45) is 4.40 Å². The number of likely N-dealkylation sites (N-methyl/N-ethyl adjacent to an activating group) is 1. The van der Waals surface area contributed by atoms with Gasteiger partial charge in [0, 0.05) is 7.05 Å². The van der Waals surface area contributed by atoms with Crippen molar-refractivity contribution in [3.63, 3.8) is 0 Å². The summed E-state index contributed by atoms with van der Waals surface area (Å²) < 4.78 is 17.9. The molecule has 1 atom stereocenters. The summed E-state index contributed by atoms with van der Waals surface area (Å²) in [4.78, 5) is 11.7. The molecule has 0 saturated carbocycles. The van der Waals surface area contributed by atoms with Crippen molar-refractivity contribution in [2.45, 2.75) is 0 Å². The Balaban J connectivity index is 2.43. The lowest BCUT2D eigenvalue weighted by molar-refractivity contribution is -0.105. The van der Waals surface area contributed by atoms with Crippen LogP contribution in [0.1, 0.15) is 4.88 Å². The van der Waals surface area contributed by atoms with Crippen LogP contribution < -0.4 is 0 Å². The molecular weight excluding hydrogens is 312 g/mol. The Hall–Kier alpha value is -0.790. The van der Waals surface area contributed by atoms with Gasteiger partial charge >= 0.3 is 0 Å². The van der Waals surface area contributed by atoms with Gasteiger partial charge in [-0.25, -0.2) is 4.21 Å². The molecule has 0 N–H and O–H groups in total. The van der Waals surface area contributed by atoms with Gasteiger partial charge in [-0.1, -0.05) is 0 Å². The van der Waals surface area contributed by atoms with Gasteiger partial charge in [-0.2, -0.15) is 4.40 Å². The molecule has 1 aromatic heterocycles. The van der Waals surface area contributed by atoms with E-state index in [2.05, 4.69) is 20.3 Å².